The summed E-state index contributed by atoms with van der Waals surface area (Å²) in [6.45, 7) is 9.05. The maximum absolute atomic E-state index is 12.6. The summed E-state index contributed by atoms with van der Waals surface area (Å²) in [6, 6.07) is 9.58. The summed E-state index contributed by atoms with van der Waals surface area (Å²) in [5, 5.41) is 4.52. The van der Waals surface area contributed by atoms with Crippen molar-refractivity contribution in [2.24, 2.45) is 0 Å². The standard InChI is InChI=1S/C20H26N4O2/c1-5-9-22-13-19(25)23(16(4)20(22)26)12-17-7-6-8-18(11-17)24-15(3)10-14(2)21-24/h6-8,10-11,16H,5,9,12-13H2,1-4H3/t16-/m1/s1. The van der Waals surface area contributed by atoms with Crippen molar-refractivity contribution in [3.05, 3.63) is 47.3 Å². The summed E-state index contributed by atoms with van der Waals surface area (Å²) in [6.07, 6.45) is 0.858. The molecule has 2 aromatic rings. The Bertz CT molecular complexity index is 827. The first-order chi connectivity index (χ1) is 12.4. The second kappa shape index (κ2) is 7.32. The number of aryl methyl sites for hydroxylation is 2. The molecule has 0 unspecified atom stereocenters. The van der Waals surface area contributed by atoms with Gasteiger partial charge in [-0.15, -0.1) is 0 Å². The quantitative estimate of drug-likeness (QED) is 0.829. The van der Waals surface area contributed by atoms with Gasteiger partial charge in [0.15, 0.2) is 0 Å². The summed E-state index contributed by atoms with van der Waals surface area (Å²) in [5.74, 6) is 0.0308. The highest BCUT2D eigenvalue weighted by atomic mass is 16.2. The number of hydrogen-bond acceptors (Lipinski definition) is 3. The Balaban J connectivity index is 1.81. The number of carbonyl (C=O) groups is 2. The lowest BCUT2D eigenvalue weighted by Crippen LogP contribution is -2.58. The summed E-state index contributed by atoms with van der Waals surface area (Å²) in [4.78, 5) is 28.4. The fourth-order valence-electron chi connectivity index (χ4n) is 3.50. The van der Waals surface area contributed by atoms with Gasteiger partial charge in [0.05, 0.1) is 17.9 Å². The Labute approximate surface area is 154 Å². The first kappa shape index (κ1) is 18.2. The molecule has 2 amide bonds. The lowest BCUT2D eigenvalue weighted by Gasteiger charge is -2.38. The molecular weight excluding hydrogens is 328 g/mol. The topological polar surface area (TPSA) is 58.4 Å². The maximum atomic E-state index is 12.6. The van der Waals surface area contributed by atoms with Crippen molar-refractivity contribution in [2.45, 2.75) is 46.7 Å². The molecule has 1 aliphatic heterocycles. The van der Waals surface area contributed by atoms with E-state index in [0.717, 1.165) is 29.1 Å². The van der Waals surface area contributed by atoms with Gasteiger partial charge in [-0.05, 0) is 51.0 Å². The number of benzene rings is 1. The molecule has 6 heteroatoms. The van der Waals surface area contributed by atoms with Gasteiger partial charge in [-0.25, -0.2) is 4.68 Å². The lowest BCUT2D eigenvalue weighted by atomic mass is 10.1. The summed E-state index contributed by atoms with van der Waals surface area (Å²) < 4.78 is 1.90. The van der Waals surface area contributed by atoms with Crippen LogP contribution in [0.4, 0.5) is 0 Å². The van der Waals surface area contributed by atoms with E-state index in [1.54, 1.807) is 9.80 Å². The fourth-order valence-corrected chi connectivity index (χ4v) is 3.50. The van der Waals surface area contributed by atoms with Crippen LogP contribution in [0.25, 0.3) is 5.69 Å². The zero-order valence-electron chi connectivity index (χ0n) is 15.9. The molecule has 0 spiro atoms. The molecule has 0 N–H and O–H groups in total. The van der Waals surface area contributed by atoms with E-state index in [2.05, 4.69) is 5.10 Å². The molecule has 2 heterocycles. The fraction of sp³-hybridized carbons (Fsp3) is 0.450. The van der Waals surface area contributed by atoms with Gasteiger partial charge in [-0.3, -0.25) is 9.59 Å². The normalized spacial score (nSPS) is 17.9. The Morgan fingerprint density at radius 3 is 2.62 bits per heavy atom. The number of rotatable bonds is 5. The second-order valence-corrected chi connectivity index (χ2v) is 6.97. The molecule has 1 aromatic carbocycles. The number of piperazine rings is 1. The molecule has 6 nitrogen and oxygen atoms in total. The van der Waals surface area contributed by atoms with E-state index in [4.69, 9.17) is 0 Å². The highest BCUT2D eigenvalue weighted by Crippen LogP contribution is 2.19. The molecule has 1 aliphatic rings. The van der Waals surface area contributed by atoms with Crippen LogP contribution in [0.2, 0.25) is 0 Å². The van der Waals surface area contributed by atoms with Crippen LogP contribution in [0.1, 0.15) is 37.2 Å². The van der Waals surface area contributed by atoms with Crippen molar-refractivity contribution in [3.8, 4) is 5.69 Å². The van der Waals surface area contributed by atoms with Gasteiger partial charge in [0.25, 0.3) is 0 Å². The highest BCUT2D eigenvalue weighted by Gasteiger charge is 2.35. The Morgan fingerprint density at radius 1 is 1.19 bits per heavy atom. The van der Waals surface area contributed by atoms with Crippen molar-refractivity contribution in [2.75, 3.05) is 13.1 Å². The Hall–Kier alpha value is -2.63. The van der Waals surface area contributed by atoms with Crippen LogP contribution in [-0.2, 0) is 16.1 Å². The van der Waals surface area contributed by atoms with Gasteiger partial charge in [0.2, 0.25) is 11.8 Å². The molecule has 1 fully saturated rings. The molecule has 26 heavy (non-hydrogen) atoms. The smallest absolute Gasteiger partial charge is 0.245 e. The first-order valence-corrected chi connectivity index (χ1v) is 9.11. The summed E-state index contributed by atoms with van der Waals surface area (Å²) >= 11 is 0. The average molecular weight is 354 g/mol. The van der Waals surface area contributed by atoms with Gasteiger partial charge in [0.1, 0.15) is 6.04 Å². The second-order valence-electron chi connectivity index (χ2n) is 6.97. The number of nitrogens with zero attached hydrogens (tertiary/aromatic N) is 4. The van der Waals surface area contributed by atoms with Crippen LogP contribution in [0, 0.1) is 13.8 Å². The average Bonchev–Trinajstić information content (AvgIpc) is 2.95. The van der Waals surface area contributed by atoms with Crippen LogP contribution in [-0.4, -0.2) is 50.5 Å². The third kappa shape index (κ3) is 3.49. The van der Waals surface area contributed by atoms with E-state index in [0.29, 0.717) is 13.1 Å². The number of hydrogen-bond donors (Lipinski definition) is 0. The van der Waals surface area contributed by atoms with Crippen LogP contribution >= 0.6 is 0 Å². The molecule has 1 saturated heterocycles. The zero-order chi connectivity index (χ0) is 18.8. The van der Waals surface area contributed by atoms with Crippen LogP contribution in [0.15, 0.2) is 30.3 Å². The van der Waals surface area contributed by atoms with E-state index < -0.39 is 6.04 Å². The van der Waals surface area contributed by atoms with Crippen molar-refractivity contribution in [3.63, 3.8) is 0 Å². The van der Waals surface area contributed by atoms with Crippen LogP contribution in [0.5, 0.6) is 0 Å². The highest BCUT2D eigenvalue weighted by molar-refractivity contribution is 5.94. The van der Waals surface area contributed by atoms with Crippen LogP contribution in [0.3, 0.4) is 0 Å². The molecule has 0 radical (unpaired) electrons. The van der Waals surface area contributed by atoms with E-state index in [1.807, 2.05) is 62.7 Å². The predicted octanol–water partition coefficient (Wildman–Crippen LogP) is 2.46. The molecule has 138 valence electrons. The van der Waals surface area contributed by atoms with Gasteiger partial charge in [0, 0.05) is 18.8 Å². The summed E-state index contributed by atoms with van der Waals surface area (Å²) in [7, 11) is 0. The minimum Gasteiger partial charge on any atom is -0.332 e. The minimum absolute atomic E-state index is 0.00191. The van der Waals surface area contributed by atoms with Gasteiger partial charge < -0.3 is 9.80 Å². The number of carbonyl (C=O) groups excluding carboxylic acids is 2. The van der Waals surface area contributed by atoms with E-state index >= 15 is 0 Å². The number of aromatic nitrogens is 2. The van der Waals surface area contributed by atoms with E-state index in [-0.39, 0.29) is 18.4 Å². The van der Waals surface area contributed by atoms with Crippen LogP contribution < -0.4 is 0 Å². The Kier molecular flexibility index (Phi) is 5.11. The maximum Gasteiger partial charge on any atom is 0.245 e. The van der Waals surface area contributed by atoms with Gasteiger partial charge in [-0.2, -0.15) is 5.10 Å². The molecule has 0 aliphatic carbocycles. The predicted molar refractivity (Wildman–Crippen MR) is 99.9 cm³/mol. The van der Waals surface area contributed by atoms with Crippen molar-refractivity contribution < 1.29 is 9.59 Å². The lowest BCUT2D eigenvalue weighted by molar-refractivity contribution is -0.155. The Morgan fingerprint density at radius 2 is 1.96 bits per heavy atom. The SMILES string of the molecule is CCCN1CC(=O)N(Cc2cccc(-n3nc(C)cc3C)c2)[C@H](C)C1=O. The monoisotopic (exact) mass is 354 g/mol. The van der Waals surface area contributed by atoms with Gasteiger partial charge >= 0.3 is 0 Å². The molecule has 0 bridgehead atoms. The molecule has 1 atom stereocenters. The largest absolute Gasteiger partial charge is 0.332 e. The van der Waals surface area contributed by atoms with Crippen molar-refractivity contribution in [1.82, 2.24) is 19.6 Å². The molecule has 1 aromatic heterocycles. The minimum atomic E-state index is -0.430. The number of amides is 2. The van der Waals surface area contributed by atoms with Crippen molar-refractivity contribution >= 4 is 11.8 Å². The summed E-state index contributed by atoms with van der Waals surface area (Å²) in [5.41, 5.74) is 3.98. The van der Waals surface area contributed by atoms with E-state index in [9.17, 15) is 9.59 Å². The van der Waals surface area contributed by atoms with Gasteiger partial charge in [-0.1, -0.05) is 19.1 Å². The first-order valence-electron chi connectivity index (χ1n) is 9.11. The zero-order valence-corrected chi connectivity index (χ0v) is 15.9. The molecule has 0 saturated carbocycles. The van der Waals surface area contributed by atoms with Crippen molar-refractivity contribution in [1.29, 1.82) is 0 Å². The van der Waals surface area contributed by atoms with E-state index in [1.165, 1.54) is 0 Å². The third-order valence-corrected chi connectivity index (χ3v) is 4.79. The molecular formula is C20H26N4O2. The third-order valence-electron chi connectivity index (χ3n) is 4.79. The molecule has 3 rings (SSSR count).